The highest BCUT2D eigenvalue weighted by molar-refractivity contribution is 9.10. The van der Waals surface area contributed by atoms with Gasteiger partial charge in [0.15, 0.2) is 0 Å². The average Bonchev–Trinajstić information content (AvgIpc) is 3.94. The molecule has 2 saturated carbocycles. The smallest absolute Gasteiger partial charge is 0.255 e. The van der Waals surface area contributed by atoms with Crippen molar-refractivity contribution in [3.63, 3.8) is 0 Å². The molecule has 11 nitrogen and oxygen atoms in total. The summed E-state index contributed by atoms with van der Waals surface area (Å²) in [6, 6.07) is 6.44. The Labute approximate surface area is 261 Å². The normalized spacial score (nSPS) is 21.5. The fourth-order valence-corrected chi connectivity index (χ4v) is 5.97. The molecule has 2 heterocycles. The summed E-state index contributed by atoms with van der Waals surface area (Å²) in [5.41, 5.74) is -0.0474. The van der Waals surface area contributed by atoms with Gasteiger partial charge in [0.25, 0.3) is 5.56 Å². The number of halogens is 1. The van der Waals surface area contributed by atoms with Crippen LogP contribution in [0.2, 0.25) is 0 Å². The second kappa shape index (κ2) is 15.8. The number of likely N-dealkylation sites (N-methyl/N-ethyl adjacent to an activating group) is 1. The van der Waals surface area contributed by atoms with Gasteiger partial charge in [0.2, 0.25) is 23.6 Å². The Morgan fingerprint density at radius 2 is 1.86 bits per heavy atom. The Bertz CT molecular complexity index is 1460. The van der Waals surface area contributed by atoms with Crippen molar-refractivity contribution in [2.75, 3.05) is 13.6 Å². The van der Waals surface area contributed by atoms with Crippen molar-refractivity contribution in [2.45, 2.75) is 56.4 Å². The number of hydrogen-bond donors (Lipinski definition) is 4. The molecule has 1 aromatic carbocycles. The fourth-order valence-electron chi connectivity index (χ4n) is 4.52. The quantitative estimate of drug-likeness (QED) is 0.249. The Hall–Kier alpha value is -3.58. The Kier molecular flexibility index (Phi) is 12.4. The number of aromatic nitrogens is 1. The largest absolute Gasteiger partial charge is 0.357 e. The van der Waals surface area contributed by atoms with E-state index in [0.29, 0.717) is 24.3 Å². The van der Waals surface area contributed by atoms with Gasteiger partial charge in [-0.3, -0.25) is 28.7 Å². The molecule has 232 valence electrons. The van der Waals surface area contributed by atoms with E-state index in [4.69, 9.17) is 0 Å². The number of rotatable bonds is 8. The molecular weight excluding hydrogens is 638 g/mol. The lowest BCUT2D eigenvalue weighted by Gasteiger charge is -2.26. The molecule has 4 N–H and O–H groups in total. The first kappa shape index (κ1) is 33.9. The van der Waals surface area contributed by atoms with Crippen LogP contribution in [-0.2, 0) is 30.2 Å². The summed E-state index contributed by atoms with van der Waals surface area (Å²) in [6.07, 6.45) is 8.87. The number of likely N-dealkylation sites (tertiary alicyclic amines) is 1. The van der Waals surface area contributed by atoms with Crippen LogP contribution in [0, 0.1) is 11.8 Å². The topological polar surface area (TPSA) is 158 Å². The van der Waals surface area contributed by atoms with Gasteiger partial charge in [-0.05, 0) is 74.6 Å². The number of nitrogens with one attached hydrogen (secondary N) is 4. The second-order valence-corrected chi connectivity index (χ2v) is 12.9. The predicted octanol–water partition coefficient (Wildman–Crippen LogP) is 2.46. The number of aromatic amines is 1. The fraction of sp³-hybridized carbons (Fsp3) is 0.433. The van der Waals surface area contributed by atoms with Crippen LogP contribution < -0.4 is 20.9 Å². The van der Waals surface area contributed by atoms with E-state index >= 15 is 0 Å². The summed E-state index contributed by atoms with van der Waals surface area (Å²) in [7, 11) is 0.426. The number of carbonyl (C=O) groups excluding carboxylic acids is 4. The Morgan fingerprint density at radius 3 is 2.47 bits per heavy atom. The van der Waals surface area contributed by atoms with Gasteiger partial charge in [0.1, 0.15) is 23.1 Å². The molecule has 2 aromatic rings. The van der Waals surface area contributed by atoms with Crippen molar-refractivity contribution in [3.8, 4) is 0 Å². The SMILES string of the molecule is C=CC(=O)NC(C)C(=O)N1CCCC1C(=O)NC.C=CC1CC1C(=O)NS(=O)C1CC1.O=c1[nH]ccc2ccc(Br)cc12. The highest BCUT2D eigenvalue weighted by Gasteiger charge is 2.42. The highest BCUT2D eigenvalue weighted by atomic mass is 79.9. The number of H-pyrrole nitrogens is 1. The molecule has 0 bridgehead atoms. The molecule has 4 amide bonds. The van der Waals surface area contributed by atoms with Crippen molar-refractivity contribution in [1.82, 2.24) is 25.2 Å². The zero-order valence-electron chi connectivity index (χ0n) is 24.3. The first-order valence-electron chi connectivity index (χ1n) is 14.1. The molecule has 5 unspecified atom stereocenters. The van der Waals surface area contributed by atoms with Crippen molar-refractivity contribution >= 4 is 61.3 Å². The highest BCUT2D eigenvalue weighted by Crippen LogP contribution is 2.39. The van der Waals surface area contributed by atoms with Gasteiger partial charge in [-0.25, -0.2) is 4.21 Å². The van der Waals surface area contributed by atoms with Crippen LogP contribution in [0.1, 0.15) is 39.0 Å². The van der Waals surface area contributed by atoms with E-state index in [-0.39, 0.29) is 34.4 Å². The number of amides is 4. The third kappa shape index (κ3) is 9.72. The predicted molar refractivity (Wildman–Crippen MR) is 170 cm³/mol. The molecule has 5 rings (SSSR count). The van der Waals surface area contributed by atoms with Gasteiger partial charge in [-0.15, -0.1) is 6.58 Å². The van der Waals surface area contributed by atoms with E-state index in [0.717, 1.165) is 41.6 Å². The first-order valence-corrected chi connectivity index (χ1v) is 16.1. The van der Waals surface area contributed by atoms with E-state index in [9.17, 15) is 28.2 Å². The Morgan fingerprint density at radius 1 is 1.14 bits per heavy atom. The summed E-state index contributed by atoms with van der Waals surface area (Å²) in [6.45, 7) is 9.10. The van der Waals surface area contributed by atoms with Gasteiger partial charge in [0.05, 0.1) is 5.25 Å². The lowest BCUT2D eigenvalue weighted by Crippen LogP contribution is -2.51. The molecule has 1 aromatic heterocycles. The minimum atomic E-state index is -1.12. The van der Waals surface area contributed by atoms with E-state index < -0.39 is 29.0 Å². The van der Waals surface area contributed by atoms with Crippen LogP contribution in [0.5, 0.6) is 0 Å². The zero-order chi connectivity index (χ0) is 31.7. The molecule has 2 aliphatic carbocycles. The molecule has 3 fully saturated rings. The van der Waals surface area contributed by atoms with Crippen molar-refractivity contribution in [2.24, 2.45) is 11.8 Å². The molecule has 43 heavy (non-hydrogen) atoms. The van der Waals surface area contributed by atoms with Crippen LogP contribution in [0.4, 0.5) is 0 Å². The second-order valence-electron chi connectivity index (χ2n) is 10.5. The van der Waals surface area contributed by atoms with Crippen molar-refractivity contribution in [1.29, 1.82) is 0 Å². The minimum absolute atomic E-state index is 0.0419. The van der Waals surface area contributed by atoms with Crippen LogP contribution in [0.3, 0.4) is 0 Å². The van der Waals surface area contributed by atoms with Gasteiger partial charge in [-0.2, -0.15) is 0 Å². The van der Waals surface area contributed by atoms with Gasteiger partial charge < -0.3 is 20.5 Å². The molecule has 1 saturated heterocycles. The first-order chi connectivity index (χ1) is 20.5. The lowest BCUT2D eigenvalue weighted by atomic mass is 10.2. The number of benzene rings is 1. The maximum Gasteiger partial charge on any atom is 0.255 e. The number of hydrogen-bond acceptors (Lipinski definition) is 6. The van der Waals surface area contributed by atoms with Gasteiger partial charge in [-0.1, -0.05) is 34.7 Å². The van der Waals surface area contributed by atoms with Crippen LogP contribution in [0.25, 0.3) is 10.8 Å². The molecule has 5 atom stereocenters. The van der Waals surface area contributed by atoms with Crippen LogP contribution in [-0.4, -0.2) is 68.6 Å². The maximum absolute atomic E-state index is 12.1. The molecule has 0 radical (unpaired) electrons. The lowest BCUT2D eigenvalue weighted by molar-refractivity contribution is -0.140. The number of carbonyl (C=O) groups is 4. The number of pyridine rings is 1. The minimum Gasteiger partial charge on any atom is -0.357 e. The summed E-state index contributed by atoms with van der Waals surface area (Å²) in [5.74, 6) is -0.502. The number of fused-ring (bicyclic) bond motifs is 1. The van der Waals surface area contributed by atoms with Gasteiger partial charge in [0, 0.05) is 35.6 Å². The van der Waals surface area contributed by atoms with Gasteiger partial charge >= 0.3 is 0 Å². The molecule has 1 aliphatic heterocycles. The number of allylic oxidation sites excluding steroid dienone is 1. The maximum atomic E-state index is 12.1. The number of nitrogens with zero attached hydrogens (tertiary/aromatic N) is 1. The summed E-state index contributed by atoms with van der Waals surface area (Å²) in [4.78, 5) is 61.6. The van der Waals surface area contributed by atoms with Crippen LogP contribution >= 0.6 is 15.9 Å². The van der Waals surface area contributed by atoms with E-state index in [2.05, 4.69) is 49.4 Å². The average molecular weight is 677 g/mol. The van der Waals surface area contributed by atoms with Crippen molar-refractivity contribution < 1.29 is 23.4 Å². The third-order valence-electron chi connectivity index (χ3n) is 7.24. The summed E-state index contributed by atoms with van der Waals surface area (Å²) >= 11 is 3.31. The molecule has 13 heteroatoms. The summed E-state index contributed by atoms with van der Waals surface area (Å²) < 4.78 is 14.8. The van der Waals surface area contributed by atoms with E-state index in [1.165, 1.54) is 4.90 Å². The molecule has 0 spiro atoms. The Balaban J connectivity index is 0.000000181. The molecular formula is C30H38BrN5O6S. The standard InChI is InChI=1S/C12H19N3O3.C9H6BrNO.C9H13NO2S/c1-4-10(16)14-8(2)12(18)15-7-5-6-9(15)11(17)13-3;10-7-2-1-6-3-4-11-9(12)8(6)5-7;1-2-6-5-8(6)9(11)10-13(12)7-3-4-7/h4,8-9H,1,5-7H2,2-3H3,(H,13,17)(H,14,16);1-5H,(H,11,12);2,6-8H,1,3-5H2,(H,10,11). The van der Waals surface area contributed by atoms with Crippen LogP contribution in [0.15, 0.2) is 65.0 Å². The third-order valence-corrected chi connectivity index (χ3v) is 9.22. The van der Waals surface area contributed by atoms with E-state index in [1.807, 2.05) is 24.3 Å². The molecule has 3 aliphatic rings. The van der Waals surface area contributed by atoms with Crippen molar-refractivity contribution in [3.05, 3.63) is 70.6 Å². The van der Waals surface area contributed by atoms with E-state index in [1.54, 1.807) is 26.2 Å². The summed E-state index contributed by atoms with van der Waals surface area (Å²) in [5, 5.41) is 6.95. The monoisotopic (exact) mass is 675 g/mol. The zero-order valence-corrected chi connectivity index (χ0v) is 26.7.